The quantitative estimate of drug-likeness (QED) is 0.684. The number of nitrogens with zero attached hydrogens (tertiary/aromatic N) is 2. The molecule has 0 amide bonds. The third kappa shape index (κ3) is 2.07. The molecule has 0 spiro atoms. The predicted molar refractivity (Wildman–Crippen MR) is 82.3 cm³/mol. The monoisotopic (exact) mass is 404 g/mol. The van der Waals surface area contributed by atoms with E-state index in [2.05, 4.69) is 4.98 Å². The van der Waals surface area contributed by atoms with Crippen molar-refractivity contribution in [2.75, 3.05) is 6.61 Å². The Hall–Kier alpha value is -1.28. The van der Waals surface area contributed by atoms with Crippen molar-refractivity contribution >= 4 is 40.6 Å². The van der Waals surface area contributed by atoms with Gasteiger partial charge in [0.2, 0.25) is 0 Å². The summed E-state index contributed by atoms with van der Waals surface area (Å²) in [5.41, 5.74) is 2.72. The first kappa shape index (κ1) is 13.7. The van der Waals surface area contributed by atoms with Gasteiger partial charge >= 0.3 is 5.97 Å². The van der Waals surface area contributed by atoms with Crippen LogP contribution in [-0.2, 0) is 9.61 Å². The maximum Gasteiger partial charge on any atom is 0.347 e. The van der Waals surface area contributed by atoms with Crippen molar-refractivity contribution in [2.24, 2.45) is 0 Å². The lowest BCUT2D eigenvalue weighted by Gasteiger charge is -2.13. The minimum atomic E-state index is -0.428. The fraction of sp³-hybridized carbons (Fsp3) is 0.231. The number of carbonyl (C=O) groups excluding carboxylic acids is 1. The van der Waals surface area contributed by atoms with Gasteiger partial charge in [-0.2, -0.15) is 0 Å². The molecule has 0 atom stereocenters. The number of imidazole rings is 1. The van der Waals surface area contributed by atoms with Gasteiger partial charge in [-0.25, -0.2) is 9.78 Å². The molecule has 1 aromatic carbocycles. The zero-order valence-corrected chi connectivity index (χ0v) is 13.4. The Morgan fingerprint density at radius 3 is 3.15 bits per heavy atom. The highest BCUT2D eigenvalue weighted by Gasteiger charge is 2.24. The highest BCUT2D eigenvalue weighted by Crippen LogP contribution is 2.41. The first-order chi connectivity index (χ1) is 9.63. The molecule has 0 fully saturated rings. The fourth-order valence-corrected chi connectivity index (χ4v) is 2.77. The van der Waals surface area contributed by atoms with Crippen molar-refractivity contribution in [1.82, 2.24) is 9.55 Å². The van der Waals surface area contributed by atoms with Crippen LogP contribution in [0.4, 0.5) is 0 Å². The molecule has 1 aliphatic heterocycles. The van der Waals surface area contributed by atoms with Crippen LogP contribution >= 0.6 is 34.6 Å². The molecule has 7 heteroatoms. The van der Waals surface area contributed by atoms with E-state index >= 15 is 0 Å². The summed E-state index contributed by atoms with van der Waals surface area (Å²) in [6, 6.07) is 1.75. The van der Waals surface area contributed by atoms with Crippen molar-refractivity contribution in [3.8, 4) is 17.0 Å². The zero-order valence-electron chi connectivity index (χ0n) is 10.5. The maximum atomic E-state index is 11.9. The van der Waals surface area contributed by atoms with Gasteiger partial charge in [-0.15, -0.1) is 0 Å². The van der Waals surface area contributed by atoms with Crippen LogP contribution in [0.25, 0.3) is 11.3 Å². The Bertz CT molecular complexity index is 699. The molecule has 0 saturated carbocycles. The molecule has 0 aliphatic carbocycles. The molecule has 0 unspecified atom stereocenters. The Labute approximate surface area is 134 Å². The average molecular weight is 405 g/mol. The Morgan fingerprint density at radius 1 is 1.60 bits per heavy atom. The Morgan fingerprint density at radius 2 is 2.40 bits per heavy atom. The highest BCUT2D eigenvalue weighted by molar-refractivity contribution is 14.1. The topological polar surface area (TPSA) is 53.4 Å². The van der Waals surface area contributed by atoms with Crippen LogP contribution in [0.15, 0.2) is 18.6 Å². The minimum Gasteiger partial charge on any atom is -0.489 e. The number of hydrogen-bond acceptors (Lipinski definition) is 4. The van der Waals surface area contributed by atoms with E-state index in [4.69, 9.17) is 19.4 Å². The van der Waals surface area contributed by atoms with E-state index in [1.807, 2.05) is 4.57 Å². The predicted octanol–water partition coefficient (Wildman–Crippen LogP) is 3.41. The van der Waals surface area contributed by atoms with Crippen molar-refractivity contribution in [3.63, 3.8) is 0 Å². The second kappa shape index (κ2) is 5.25. The Balaban J connectivity index is 2.29. The molecule has 0 radical (unpaired) electrons. The molecular formula is C13H10ClIN2O3. The summed E-state index contributed by atoms with van der Waals surface area (Å²) in [7, 11) is 0. The van der Waals surface area contributed by atoms with Gasteiger partial charge in [-0.3, -0.25) is 0 Å². The summed E-state index contributed by atoms with van der Waals surface area (Å²) in [4.78, 5) is 16.0. The maximum absolute atomic E-state index is 11.9. The SMILES string of the molecule is Cc1c(C(=O)OI)cc2c(c1Cl)OCCn1cncc1-2. The lowest BCUT2D eigenvalue weighted by atomic mass is 10.0. The first-order valence-corrected chi connectivity index (χ1v) is 7.18. The van der Waals surface area contributed by atoms with Gasteiger partial charge in [-0.1, -0.05) is 11.6 Å². The zero-order chi connectivity index (χ0) is 14.3. The van der Waals surface area contributed by atoms with Gasteiger partial charge in [0.15, 0.2) is 23.0 Å². The lowest BCUT2D eigenvalue weighted by molar-refractivity contribution is 0.0799. The molecule has 1 aliphatic rings. The van der Waals surface area contributed by atoms with Gasteiger partial charge in [0, 0.05) is 5.56 Å². The van der Waals surface area contributed by atoms with Crippen molar-refractivity contribution in [1.29, 1.82) is 0 Å². The molecule has 104 valence electrons. The standard InChI is InChI=1S/C13H10ClIN2O3/c1-7-8(13(18)20-15)4-9-10-5-16-6-17(10)2-3-19-12(9)11(7)14/h4-6H,2-3H2,1H3. The van der Waals surface area contributed by atoms with E-state index in [1.165, 1.54) is 0 Å². The van der Waals surface area contributed by atoms with Crippen LogP contribution in [0, 0.1) is 6.92 Å². The van der Waals surface area contributed by atoms with E-state index in [0.717, 1.165) is 11.3 Å². The molecule has 0 saturated heterocycles. The van der Waals surface area contributed by atoms with Crippen LogP contribution in [0.3, 0.4) is 0 Å². The molecule has 5 nitrogen and oxygen atoms in total. The summed E-state index contributed by atoms with van der Waals surface area (Å²) >= 11 is 7.92. The van der Waals surface area contributed by atoms with E-state index in [0.29, 0.717) is 35.1 Å². The van der Waals surface area contributed by atoms with Gasteiger partial charge in [0.1, 0.15) is 12.4 Å². The molecular weight excluding hydrogens is 395 g/mol. The number of fused-ring (bicyclic) bond motifs is 3. The number of halogens is 2. The average Bonchev–Trinajstić information content (AvgIpc) is 2.84. The third-order valence-electron chi connectivity index (χ3n) is 3.32. The molecule has 2 heterocycles. The third-order valence-corrected chi connectivity index (χ3v) is 4.18. The van der Waals surface area contributed by atoms with E-state index in [-0.39, 0.29) is 0 Å². The van der Waals surface area contributed by atoms with E-state index in [1.54, 1.807) is 48.5 Å². The molecule has 2 aromatic rings. The van der Waals surface area contributed by atoms with Gasteiger partial charge < -0.3 is 12.4 Å². The summed E-state index contributed by atoms with van der Waals surface area (Å²) in [6.07, 6.45) is 3.47. The summed E-state index contributed by atoms with van der Waals surface area (Å²) < 4.78 is 12.5. The molecule has 20 heavy (non-hydrogen) atoms. The molecule has 3 rings (SSSR count). The number of benzene rings is 1. The van der Waals surface area contributed by atoms with Crippen molar-refractivity contribution in [2.45, 2.75) is 13.5 Å². The number of rotatable bonds is 1. The summed E-state index contributed by atoms with van der Waals surface area (Å²) in [6.45, 7) is 2.97. The lowest BCUT2D eigenvalue weighted by Crippen LogP contribution is -2.05. The smallest absolute Gasteiger partial charge is 0.347 e. The van der Waals surface area contributed by atoms with Gasteiger partial charge in [-0.05, 0) is 18.6 Å². The number of ether oxygens (including phenoxy) is 1. The van der Waals surface area contributed by atoms with E-state index in [9.17, 15) is 4.79 Å². The highest BCUT2D eigenvalue weighted by atomic mass is 127. The van der Waals surface area contributed by atoms with Crippen molar-refractivity contribution < 1.29 is 12.6 Å². The largest absolute Gasteiger partial charge is 0.489 e. The fourth-order valence-electron chi connectivity index (χ4n) is 2.28. The van der Waals surface area contributed by atoms with Crippen LogP contribution in [0.2, 0.25) is 5.02 Å². The second-order valence-electron chi connectivity index (χ2n) is 4.43. The number of aromatic nitrogens is 2. The van der Waals surface area contributed by atoms with Crippen LogP contribution in [0.5, 0.6) is 5.75 Å². The normalized spacial score (nSPS) is 12.9. The molecule has 1 aromatic heterocycles. The van der Waals surface area contributed by atoms with Crippen LogP contribution < -0.4 is 4.74 Å². The van der Waals surface area contributed by atoms with Crippen molar-refractivity contribution in [3.05, 3.63) is 34.7 Å². The molecule has 0 N–H and O–H groups in total. The number of carbonyl (C=O) groups is 1. The minimum absolute atomic E-state index is 0.428. The first-order valence-electron chi connectivity index (χ1n) is 5.92. The van der Waals surface area contributed by atoms with E-state index < -0.39 is 5.97 Å². The van der Waals surface area contributed by atoms with Crippen LogP contribution in [-0.4, -0.2) is 22.1 Å². The molecule has 0 bridgehead atoms. The second-order valence-corrected chi connectivity index (χ2v) is 5.24. The summed E-state index contributed by atoms with van der Waals surface area (Å²) in [5.74, 6) is 0.163. The Kier molecular flexibility index (Phi) is 3.59. The number of hydrogen-bond donors (Lipinski definition) is 0. The summed E-state index contributed by atoms with van der Waals surface area (Å²) in [5, 5.41) is 0.439. The van der Waals surface area contributed by atoms with Crippen LogP contribution in [0.1, 0.15) is 15.9 Å². The van der Waals surface area contributed by atoms with Gasteiger partial charge in [0.25, 0.3) is 0 Å². The van der Waals surface area contributed by atoms with Gasteiger partial charge in [0.05, 0.1) is 35.3 Å².